The Morgan fingerprint density at radius 2 is 2.12 bits per heavy atom. The summed E-state index contributed by atoms with van der Waals surface area (Å²) in [6.07, 6.45) is 3.79. The van der Waals surface area contributed by atoms with Crippen molar-refractivity contribution in [1.29, 1.82) is 0 Å². The van der Waals surface area contributed by atoms with Gasteiger partial charge in [0.25, 0.3) is 0 Å². The van der Waals surface area contributed by atoms with E-state index in [9.17, 15) is 0 Å². The van der Waals surface area contributed by atoms with Crippen molar-refractivity contribution in [2.45, 2.75) is 33.2 Å². The van der Waals surface area contributed by atoms with E-state index in [1.165, 1.54) is 0 Å². The minimum absolute atomic E-state index is 0.0268. The van der Waals surface area contributed by atoms with E-state index in [0.717, 1.165) is 22.4 Å². The van der Waals surface area contributed by atoms with Crippen LogP contribution in [0.15, 0.2) is 29.4 Å². The number of nitrogens with zero attached hydrogens (tertiary/aromatic N) is 2. The highest BCUT2D eigenvalue weighted by molar-refractivity contribution is 9.10. The van der Waals surface area contributed by atoms with Crippen LogP contribution in [0.3, 0.4) is 0 Å². The molecule has 0 unspecified atom stereocenters. The Morgan fingerprint density at radius 3 is 2.56 bits per heavy atom. The second-order valence-electron chi connectivity index (χ2n) is 4.89. The lowest BCUT2D eigenvalue weighted by Gasteiger charge is -2.36. The van der Waals surface area contributed by atoms with Crippen LogP contribution >= 0.6 is 15.9 Å². The number of aromatic nitrogens is 1. The van der Waals surface area contributed by atoms with Crippen molar-refractivity contribution in [3.05, 3.63) is 35.0 Å². The quantitative estimate of drug-likeness (QED) is 0.781. The lowest BCUT2D eigenvalue weighted by molar-refractivity contribution is 0.516. The molecule has 88 valence electrons. The molecule has 0 radical (unpaired) electrons. The number of rotatable bonds is 3. The molecule has 1 rings (SSSR count). The molecular weight excluding hydrogens is 264 g/mol. The average Bonchev–Trinajstić information content (AvgIpc) is 2.13. The van der Waals surface area contributed by atoms with Crippen LogP contribution < -0.4 is 4.90 Å². The van der Waals surface area contributed by atoms with Gasteiger partial charge in [-0.2, -0.15) is 0 Å². The predicted molar refractivity (Wildman–Crippen MR) is 74.0 cm³/mol. The van der Waals surface area contributed by atoms with Gasteiger partial charge in [-0.3, -0.25) is 0 Å². The van der Waals surface area contributed by atoms with E-state index in [2.05, 4.69) is 59.2 Å². The fourth-order valence-electron chi connectivity index (χ4n) is 1.53. The molecule has 16 heavy (non-hydrogen) atoms. The highest BCUT2D eigenvalue weighted by Gasteiger charge is 2.23. The van der Waals surface area contributed by atoms with Gasteiger partial charge in [0.1, 0.15) is 5.82 Å². The van der Waals surface area contributed by atoms with Gasteiger partial charge in [0, 0.05) is 18.3 Å². The van der Waals surface area contributed by atoms with Crippen molar-refractivity contribution in [3.63, 3.8) is 0 Å². The molecular formula is C13H19BrN2. The molecule has 0 aromatic carbocycles. The molecule has 3 heteroatoms. The number of hydrogen-bond acceptors (Lipinski definition) is 2. The lowest BCUT2D eigenvalue weighted by atomic mass is 10.1. The summed E-state index contributed by atoms with van der Waals surface area (Å²) in [6, 6.07) is 2.09. The van der Waals surface area contributed by atoms with E-state index in [0.29, 0.717) is 0 Å². The third kappa shape index (κ3) is 3.08. The smallest absolute Gasteiger partial charge is 0.143 e. The van der Waals surface area contributed by atoms with Crippen molar-refractivity contribution in [2.75, 3.05) is 11.4 Å². The molecule has 1 aromatic heterocycles. The van der Waals surface area contributed by atoms with Crippen LogP contribution in [0.2, 0.25) is 0 Å². The van der Waals surface area contributed by atoms with Crippen LogP contribution in [0.25, 0.3) is 0 Å². The highest BCUT2D eigenvalue weighted by Crippen LogP contribution is 2.29. The van der Waals surface area contributed by atoms with E-state index in [1.807, 2.05) is 19.2 Å². The SMILES string of the molecule is C=CCN(c1ncc(C)cc1Br)C(C)(C)C. The number of anilines is 1. The summed E-state index contributed by atoms with van der Waals surface area (Å²) in [4.78, 5) is 6.72. The van der Waals surface area contributed by atoms with E-state index in [1.54, 1.807) is 0 Å². The second-order valence-corrected chi connectivity index (χ2v) is 5.74. The summed E-state index contributed by atoms with van der Waals surface area (Å²) >= 11 is 3.57. The molecule has 0 aliphatic carbocycles. The Hall–Kier alpha value is -0.830. The molecule has 0 saturated heterocycles. The summed E-state index contributed by atoms with van der Waals surface area (Å²) in [6.45, 7) is 13.1. The number of hydrogen-bond donors (Lipinski definition) is 0. The zero-order valence-electron chi connectivity index (χ0n) is 10.4. The first-order valence-corrected chi connectivity index (χ1v) is 6.16. The molecule has 2 nitrogen and oxygen atoms in total. The van der Waals surface area contributed by atoms with Crippen molar-refractivity contribution in [1.82, 2.24) is 4.98 Å². The van der Waals surface area contributed by atoms with Gasteiger partial charge in [0.15, 0.2) is 0 Å². The molecule has 0 aliphatic rings. The molecule has 0 bridgehead atoms. The maximum Gasteiger partial charge on any atom is 0.143 e. The van der Waals surface area contributed by atoms with Gasteiger partial charge in [-0.15, -0.1) is 6.58 Å². The van der Waals surface area contributed by atoms with Crippen LogP contribution in [-0.4, -0.2) is 17.1 Å². The monoisotopic (exact) mass is 282 g/mol. The molecule has 0 fully saturated rings. The Morgan fingerprint density at radius 1 is 1.50 bits per heavy atom. The molecule has 1 heterocycles. The molecule has 0 aliphatic heterocycles. The van der Waals surface area contributed by atoms with E-state index in [4.69, 9.17) is 0 Å². The Kier molecular flexibility index (Phi) is 4.14. The summed E-state index contributed by atoms with van der Waals surface area (Å²) in [5, 5.41) is 0. The average molecular weight is 283 g/mol. The first kappa shape index (κ1) is 13.2. The van der Waals surface area contributed by atoms with Crippen LogP contribution in [0, 0.1) is 6.92 Å². The fourth-order valence-corrected chi connectivity index (χ4v) is 2.21. The van der Waals surface area contributed by atoms with Crippen molar-refractivity contribution < 1.29 is 0 Å². The third-order valence-electron chi connectivity index (χ3n) is 2.34. The van der Waals surface area contributed by atoms with Gasteiger partial charge in [-0.25, -0.2) is 4.98 Å². The first-order chi connectivity index (χ1) is 7.36. The predicted octanol–water partition coefficient (Wildman–Crippen LogP) is 3.94. The Labute approximate surface area is 107 Å². The van der Waals surface area contributed by atoms with Crippen LogP contribution in [-0.2, 0) is 0 Å². The van der Waals surface area contributed by atoms with Gasteiger partial charge in [0.05, 0.1) is 4.47 Å². The van der Waals surface area contributed by atoms with Crippen LogP contribution in [0.5, 0.6) is 0 Å². The maximum atomic E-state index is 4.49. The third-order valence-corrected chi connectivity index (χ3v) is 2.92. The minimum Gasteiger partial charge on any atom is -0.347 e. The second kappa shape index (κ2) is 5.00. The molecule has 0 spiro atoms. The normalized spacial score (nSPS) is 11.3. The topological polar surface area (TPSA) is 16.1 Å². The van der Waals surface area contributed by atoms with Gasteiger partial charge in [-0.05, 0) is 55.3 Å². The van der Waals surface area contributed by atoms with Gasteiger partial charge in [-0.1, -0.05) is 6.08 Å². The Balaban J connectivity index is 3.16. The van der Waals surface area contributed by atoms with Crippen molar-refractivity contribution >= 4 is 21.7 Å². The standard InChI is InChI=1S/C13H19BrN2/c1-6-7-16(13(3,4)5)12-11(14)8-10(2)9-15-12/h6,8-9H,1,7H2,2-5H3. The summed E-state index contributed by atoms with van der Waals surface area (Å²) in [7, 11) is 0. The van der Waals surface area contributed by atoms with Crippen molar-refractivity contribution in [3.8, 4) is 0 Å². The fraction of sp³-hybridized carbons (Fsp3) is 0.462. The summed E-state index contributed by atoms with van der Waals surface area (Å²) < 4.78 is 1.03. The molecule has 0 atom stereocenters. The van der Waals surface area contributed by atoms with E-state index in [-0.39, 0.29) is 5.54 Å². The van der Waals surface area contributed by atoms with Gasteiger partial charge >= 0.3 is 0 Å². The van der Waals surface area contributed by atoms with Gasteiger partial charge in [0.2, 0.25) is 0 Å². The molecule has 0 saturated carbocycles. The maximum absolute atomic E-state index is 4.49. The van der Waals surface area contributed by atoms with E-state index < -0.39 is 0 Å². The largest absolute Gasteiger partial charge is 0.347 e. The number of halogens is 1. The zero-order valence-corrected chi connectivity index (χ0v) is 12.0. The molecule has 0 amide bonds. The molecule has 1 aromatic rings. The van der Waals surface area contributed by atoms with E-state index >= 15 is 0 Å². The highest BCUT2D eigenvalue weighted by atomic mass is 79.9. The zero-order chi connectivity index (χ0) is 12.3. The van der Waals surface area contributed by atoms with Crippen molar-refractivity contribution in [2.24, 2.45) is 0 Å². The summed E-state index contributed by atoms with van der Waals surface area (Å²) in [5.74, 6) is 0.970. The minimum atomic E-state index is 0.0268. The first-order valence-electron chi connectivity index (χ1n) is 5.37. The Bertz CT molecular complexity index is 380. The number of pyridine rings is 1. The number of aryl methyl sites for hydroxylation is 1. The van der Waals surface area contributed by atoms with Crippen LogP contribution in [0.1, 0.15) is 26.3 Å². The lowest BCUT2D eigenvalue weighted by Crippen LogP contribution is -2.42. The van der Waals surface area contributed by atoms with Crippen LogP contribution in [0.4, 0.5) is 5.82 Å². The molecule has 0 N–H and O–H groups in total. The summed E-state index contributed by atoms with van der Waals surface area (Å²) in [5.41, 5.74) is 1.18. The van der Waals surface area contributed by atoms with Gasteiger partial charge < -0.3 is 4.90 Å².